The normalized spacial score (nSPS) is 14.7. The highest BCUT2D eigenvalue weighted by Crippen LogP contribution is 2.20. The molecule has 156 valence electrons. The van der Waals surface area contributed by atoms with Crippen molar-refractivity contribution in [3.63, 3.8) is 0 Å². The largest absolute Gasteiger partial charge is 0.352 e. The molecule has 0 unspecified atom stereocenters. The van der Waals surface area contributed by atoms with E-state index in [0.29, 0.717) is 17.8 Å². The van der Waals surface area contributed by atoms with Crippen molar-refractivity contribution in [1.29, 1.82) is 0 Å². The number of likely N-dealkylation sites (tertiary alicyclic amines) is 1. The van der Waals surface area contributed by atoms with Crippen LogP contribution in [0.1, 0.15) is 35.2 Å². The molecule has 0 saturated carbocycles. The first-order chi connectivity index (χ1) is 13.9. The van der Waals surface area contributed by atoms with Crippen molar-refractivity contribution >= 4 is 21.6 Å². The Labute approximate surface area is 173 Å². The first kappa shape index (κ1) is 21.3. The Morgan fingerprint density at radius 2 is 1.69 bits per heavy atom. The maximum absolute atomic E-state index is 12.3. The van der Waals surface area contributed by atoms with Crippen LogP contribution in [0.4, 0.5) is 5.69 Å². The molecule has 1 saturated heterocycles. The zero-order valence-electron chi connectivity index (χ0n) is 16.9. The van der Waals surface area contributed by atoms with Crippen LogP contribution in [0.3, 0.4) is 0 Å². The first-order valence-corrected chi connectivity index (χ1v) is 11.9. The fourth-order valence-electron chi connectivity index (χ4n) is 3.53. The van der Waals surface area contributed by atoms with Gasteiger partial charge in [-0.2, -0.15) is 0 Å². The van der Waals surface area contributed by atoms with Crippen molar-refractivity contribution in [2.24, 2.45) is 0 Å². The van der Waals surface area contributed by atoms with Crippen LogP contribution in [-0.4, -0.2) is 51.7 Å². The quantitative estimate of drug-likeness (QED) is 0.640. The van der Waals surface area contributed by atoms with Gasteiger partial charge in [0.2, 0.25) is 10.0 Å². The van der Waals surface area contributed by atoms with E-state index in [4.69, 9.17) is 0 Å². The Hall–Kier alpha value is -2.38. The summed E-state index contributed by atoms with van der Waals surface area (Å²) in [5, 5.41) is 2.96. The van der Waals surface area contributed by atoms with Gasteiger partial charge in [0.1, 0.15) is 0 Å². The predicted octanol–water partition coefficient (Wildman–Crippen LogP) is 2.87. The fraction of sp³-hybridized carbons (Fsp3) is 0.409. The molecule has 1 heterocycles. The number of anilines is 1. The number of hydrogen-bond acceptors (Lipinski definition) is 4. The van der Waals surface area contributed by atoms with E-state index in [1.807, 2.05) is 18.2 Å². The molecule has 7 heteroatoms. The van der Waals surface area contributed by atoms with Gasteiger partial charge in [0.15, 0.2) is 0 Å². The van der Waals surface area contributed by atoms with E-state index in [9.17, 15) is 13.2 Å². The standard InChI is InChI=1S/C22H29N3O3S/c1-29(27,28)25(21-8-3-2-4-9-21)18-19-10-12-20(13-11-19)22(26)23-14-7-17-24-15-5-6-16-24/h2-4,8-13H,5-7,14-18H2,1H3,(H,23,26). The molecular weight excluding hydrogens is 386 g/mol. The highest BCUT2D eigenvalue weighted by molar-refractivity contribution is 7.92. The molecule has 1 fully saturated rings. The zero-order valence-corrected chi connectivity index (χ0v) is 17.7. The number of hydrogen-bond donors (Lipinski definition) is 1. The molecule has 6 nitrogen and oxygen atoms in total. The van der Waals surface area contributed by atoms with Crippen LogP contribution in [0.5, 0.6) is 0 Å². The van der Waals surface area contributed by atoms with Gasteiger partial charge < -0.3 is 10.2 Å². The van der Waals surface area contributed by atoms with E-state index < -0.39 is 10.0 Å². The molecule has 2 aromatic carbocycles. The van der Waals surface area contributed by atoms with Crippen molar-refractivity contribution in [3.05, 3.63) is 65.7 Å². The van der Waals surface area contributed by atoms with Gasteiger partial charge in [0.25, 0.3) is 5.91 Å². The highest BCUT2D eigenvalue weighted by Gasteiger charge is 2.18. The average molecular weight is 416 g/mol. The van der Waals surface area contributed by atoms with Gasteiger partial charge in [-0.25, -0.2) is 8.42 Å². The van der Waals surface area contributed by atoms with E-state index in [0.717, 1.165) is 18.5 Å². The molecule has 2 aromatic rings. The molecule has 0 aromatic heterocycles. The molecular formula is C22H29N3O3S. The molecule has 3 rings (SSSR count). The van der Waals surface area contributed by atoms with Crippen LogP contribution in [0.25, 0.3) is 0 Å². The summed E-state index contributed by atoms with van der Waals surface area (Å²) in [5.41, 5.74) is 2.03. The molecule has 1 amide bonds. The molecule has 0 bridgehead atoms. The second kappa shape index (κ2) is 9.89. The van der Waals surface area contributed by atoms with Crippen molar-refractivity contribution in [3.8, 4) is 0 Å². The van der Waals surface area contributed by atoms with Crippen LogP contribution in [0.15, 0.2) is 54.6 Å². The summed E-state index contributed by atoms with van der Waals surface area (Å²) in [6.07, 6.45) is 4.70. The minimum Gasteiger partial charge on any atom is -0.352 e. The average Bonchev–Trinajstić information content (AvgIpc) is 3.23. The summed E-state index contributed by atoms with van der Waals surface area (Å²) in [7, 11) is -3.41. The van der Waals surface area contributed by atoms with Crippen LogP contribution >= 0.6 is 0 Å². The zero-order chi connectivity index (χ0) is 20.7. The van der Waals surface area contributed by atoms with E-state index in [-0.39, 0.29) is 12.5 Å². The Morgan fingerprint density at radius 1 is 1.03 bits per heavy atom. The molecule has 1 aliphatic heterocycles. The Kier molecular flexibility index (Phi) is 7.28. The van der Waals surface area contributed by atoms with Gasteiger partial charge in [-0.05, 0) is 68.7 Å². The summed E-state index contributed by atoms with van der Waals surface area (Å²) < 4.78 is 25.8. The Bertz CT molecular complexity index is 893. The molecule has 0 radical (unpaired) electrons. The van der Waals surface area contributed by atoms with Crippen molar-refractivity contribution < 1.29 is 13.2 Å². The molecule has 0 atom stereocenters. The van der Waals surface area contributed by atoms with Crippen LogP contribution < -0.4 is 9.62 Å². The maximum atomic E-state index is 12.3. The van der Waals surface area contributed by atoms with Crippen molar-refractivity contribution in [1.82, 2.24) is 10.2 Å². The number of amides is 1. The minimum atomic E-state index is -3.41. The second-order valence-corrected chi connectivity index (χ2v) is 9.37. The first-order valence-electron chi connectivity index (χ1n) is 10.1. The number of nitrogens with zero attached hydrogens (tertiary/aromatic N) is 2. The number of para-hydroxylation sites is 1. The van der Waals surface area contributed by atoms with Gasteiger partial charge in [-0.1, -0.05) is 30.3 Å². The fourth-order valence-corrected chi connectivity index (χ4v) is 4.42. The van der Waals surface area contributed by atoms with Crippen LogP contribution in [0.2, 0.25) is 0 Å². The lowest BCUT2D eigenvalue weighted by molar-refractivity contribution is 0.0952. The number of rotatable bonds is 9. The van der Waals surface area contributed by atoms with Crippen LogP contribution in [0, 0.1) is 0 Å². The highest BCUT2D eigenvalue weighted by atomic mass is 32.2. The van der Waals surface area contributed by atoms with Crippen molar-refractivity contribution in [2.75, 3.05) is 36.7 Å². The van der Waals surface area contributed by atoms with E-state index in [2.05, 4.69) is 10.2 Å². The third kappa shape index (κ3) is 6.30. The number of carbonyl (C=O) groups excluding carboxylic acids is 1. The van der Waals surface area contributed by atoms with E-state index >= 15 is 0 Å². The number of benzene rings is 2. The molecule has 0 spiro atoms. The third-order valence-corrected chi connectivity index (χ3v) is 6.26. The Balaban J connectivity index is 1.55. The topological polar surface area (TPSA) is 69.7 Å². The summed E-state index contributed by atoms with van der Waals surface area (Å²) in [6.45, 7) is 4.25. The summed E-state index contributed by atoms with van der Waals surface area (Å²) >= 11 is 0. The van der Waals surface area contributed by atoms with Crippen molar-refractivity contribution in [2.45, 2.75) is 25.8 Å². The maximum Gasteiger partial charge on any atom is 0.251 e. The predicted molar refractivity (Wildman–Crippen MR) is 117 cm³/mol. The smallest absolute Gasteiger partial charge is 0.251 e. The van der Waals surface area contributed by atoms with E-state index in [1.165, 1.54) is 36.5 Å². The molecule has 0 aliphatic carbocycles. The summed E-state index contributed by atoms with van der Waals surface area (Å²) in [6, 6.07) is 16.1. The minimum absolute atomic E-state index is 0.0963. The van der Waals surface area contributed by atoms with Crippen LogP contribution in [-0.2, 0) is 16.6 Å². The molecule has 1 aliphatic rings. The molecule has 1 N–H and O–H groups in total. The monoisotopic (exact) mass is 415 g/mol. The summed E-state index contributed by atoms with van der Waals surface area (Å²) in [5.74, 6) is -0.0963. The van der Waals surface area contributed by atoms with Gasteiger partial charge in [0, 0.05) is 12.1 Å². The number of carbonyl (C=O) groups is 1. The van der Waals surface area contributed by atoms with Gasteiger partial charge in [-0.3, -0.25) is 9.10 Å². The summed E-state index contributed by atoms with van der Waals surface area (Å²) in [4.78, 5) is 14.8. The second-order valence-electron chi connectivity index (χ2n) is 7.46. The lowest BCUT2D eigenvalue weighted by Gasteiger charge is -2.22. The third-order valence-electron chi connectivity index (χ3n) is 5.12. The van der Waals surface area contributed by atoms with Gasteiger partial charge >= 0.3 is 0 Å². The van der Waals surface area contributed by atoms with Gasteiger partial charge in [0.05, 0.1) is 18.5 Å². The SMILES string of the molecule is CS(=O)(=O)N(Cc1ccc(C(=O)NCCCN2CCCC2)cc1)c1ccccc1. The number of nitrogens with one attached hydrogen (secondary N) is 1. The Morgan fingerprint density at radius 3 is 2.31 bits per heavy atom. The lowest BCUT2D eigenvalue weighted by Crippen LogP contribution is -2.29. The number of sulfonamides is 1. The van der Waals surface area contributed by atoms with Gasteiger partial charge in [-0.15, -0.1) is 0 Å². The molecule has 29 heavy (non-hydrogen) atoms. The van der Waals surface area contributed by atoms with E-state index in [1.54, 1.807) is 36.4 Å². The lowest BCUT2D eigenvalue weighted by atomic mass is 10.1.